The molecule has 146 valence electrons. The lowest BCUT2D eigenvalue weighted by molar-refractivity contribution is 0.122. The van der Waals surface area contributed by atoms with Crippen molar-refractivity contribution in [3.63, 3.8) is 0 Å². The Morgan fingerprint density at radius 1 is 1.41 bits per heavy atom. The molecule has 3 rings (SSSR count). The summed E-state index contributed by atoms with van der Waals surface area (Å²) in [5.41, 5.74) is 4.26. The number of likely N-dealkylation sites (tertiary alicyclic amines) is 1. The van der Waals surface area contributed by atoms with E-state index in [1.807, 2.05) is 31.6 Å². The number of halogens is 1. The third kappa shape index (κ3) is 5.21. The number of hydrogen-bond acceptors (Lipinski definition) is 4. The molecule has 2 heterocycles. The summed E-state index contributed by atoms with van der Waals surface area (Å²) < 4.78 is 0. The maximum Gasteiger partial charge on any atom is 0.191 e. The lowest BCUT2D eigenvalue weighted by Gasteiger charge is -2.40. The number of rotatable bonds is 5. The maximum absolute atomic E-state index is 6.24. The Morgan fingerprint density at radius 2 is 2.26 bits per heavy atom. The van der Waals surface area contributed by atoms with Gasteiger partial charge in [-0.25, -0.2) is 4.98 Å². The lowest BCUT2D eigenvalue weighted by atomic mass is 9.85. The van der Waals surface area contributed by atoms with E-state index in [4.69, 9.17) is 11.6 Å². The average Bonchev–Trinajstić information content (AvgIpc) is 3.07. The van der Waals surface area contributed by atoms with E-state index < -0.39 is 0 Å². The first-order chi connectivity index (χ1) is 13.1. The fourth-order valence-electron chi connectivity index (χ4n) is 3.80. The molecule has 2 atom stereocenters. The van der Waals surface area contributed by atoms with Crippen LogP contribution in [0.4, 0.5) is 0 Å². The van der Waals surface area contributed by atoms with Gasteiger partial charge < -0.3 is 10.6 Å². The first-order valence-electron chi connectivity index (χ1n) is 9.37. The molecule has 1 aromatic heterocycles. The molecule has 2 unspecified atom stereocenters. The van der Waals surface area contributed by atoms with Crippen molar-refractivity contribution in [1.82, 2.24) is 20.5 Å². The molecule has 0 spiro atoms. The normalized spacial score (nSPS) is 21.3. The highest BCUT2D eigenvalue weighted by Gasteiger charge is 2.30. The van der Waals surface area contributed by atoms with Crippen LogP contribution < -0.4 is 10.6 Å². The summed E-state index contributed by atoms with van der Waals surface area (Å²) in [7, 11) is 4.02. The first-order valence-corrected chi connectivity index (χ1v) is 10.6. The van der Waals surface area contributed by atoms with E-state index in [0.717, 1.165) is 36.3 Å². The molecular formula is C20H28ClN5S. The Balaban J connectivity index is 1.62. The van der Waals surface area contributed by atoms with E-state index in [1.54, 1.807) is 11.3 Å². The molecule has 0 radical (unpaired) electrons. The van der Waals surface area contributed by atoms with Crippen molar-refractivity contribution >= 4 is 28.9 Å². The minimum absolute atomic E-state index is 0.367. The number of hydrogen-bond donors (Lipinski definition) is 2. The highest BCUT2D eigenvalue weighted by atomic mass is 35.5. The number of benzene rings is 1. The van der Waals surface area contributed by atoms with Gasteiger partial charge in [-0.2, -0.15) is 0 Å². The molecule has 2 aromatic rings. The molecular weight excluding hydrogens is 378 g/mol. The number of guanidine groups is 1. The van der Waals surface area contributed by atoms with Crippen molar-refractivity contribution in [2.45, 2.75) is 32.4 Å². The van der Waals surface area contributed by atoms with Crippen molar-refractivity contribution in [3.05, 3.63) is 50.9 Å². The summed E-state index contributed by atoms with van der Waals surface area (Å²) in [6, 6.07) is 8.63. The Hall–Kier alpha value is -1.63. The van der Waals surface area contributed by atoms with Crippen LogP contribution in [0.5, 0.6) is 0 Å². The van der Waals surface area contributed by atoms with Crippen LogP contribution in [0.2, 0.25) is 5.02 Å². The van der Waals surface area contributed by atoms with Crippen LogP contribution >= 0.6 is 22.9 Å². The van der Waals surface area contributed by atoms with Gasteiger partial charge in [-0.1, -0.05) is 23.7 Å². The zero-order valence-corrected chi connectivity index (χ0v) is 17.8. The van der Waals surface area contributed by atoms with Crippen LogP contribution in [0.3, 0.4) is 0 Å². The van der Waals surface area contributed by atoms with Crippen LogP contribution in [0.25, 0.3) is 0 Å². The van der Waals surface area contributed by atoms with Gasteiger partial charge in [0, 0.05) is 29.5 Å². The number of thiazole rings is 1. The predicted molar refractivity (Wildman–Crippen MR) is 115 cm³/mol. The predicted octanol–water partition coefficient (Wildman–Crippen LogP) is 3.85. The smallest absolute Gasteiger partial charge is 0.191 e. The van der Waals surface area contributed by atoms with E-state index >= 15 is 0 Å². The van der Waals surface area contributed by atoms with Gasteiger partial charge >= 0.3 is 0 Å². The van der Waals surface area contributed by atoms with Gasteiger partial charge in [0.2, 0.25) is 0 Å². The second-order valence-electron chi connectivity index (χ2n) is 7.05. The van der Waals surface area contributed by atoms with E-state index in [-0.39, 0.29) is 0 Å². The fourth-order valence-corrected chi connectivity index (χ4v) is 4.71. The van der Waals surface area contributed by atoms with Gasteiger partial charge in [-0.3, -0.25) is 9.89 Å². The topological polar surface area (TPSA) is 52.6 Å². The van der Waals surface area contributed by atoms with Crippen molar-refractivity contribution in [2.24, 2.45) is 10.9 Å². The van der Waals surface area contributed by atoms with Gasteiger partial charge in [0.1, 0.15) is 0 Å². The molecule has 5 nitrogen and oxygen atoms in total. The molecule has 27 heavy (non-hydrogen) atoms. The van der Waals surface area contributed by atoms with Gasteiger partial charge in [0.25, 0.3) is 0 Å². The molecule has 0 amide bonds. The van der Waals surface area contributed by atoms with E-state index in [1.165, 1.54) is 23.3 Å². The number of aromatic nitrogens is 1. The van der Waals surface area contributed by atoms with E-state index in [2.05, 4.69) is 44.7 Å². The lowest BCUT2D eigenvalue weighted by Crippen LogP contribution is -2.44. The van der Waals surface area contributed by atoms with Crippen molar-refractivity contribution in [3.8, 4) is 0 Å². The molecule has 1 aliphatic rings. The largest absolute Gasteiger partial charge is 0.356 e. The number of nitrogens with zero attached hydrogens (tertiary/aromatic N) is 3. The van der Waals surface area contributed by atoms with Crippen LogP contribution in [-0.4, -0.2) is 43.0 Å². The number of aliphatic imine (C=N–C) groups is 1. The Morgan fingerprint density at radius 3 is 2.96 bits per heavy atom. The van der Waals surface area contributed by atoms with Crippen molar-refractivity contribution in [1.29, 1.82) is 0 Å². The molecule has 1 fully saturated rings. The van der Waals surface area contributed by atoms with E-state index in [9.17, 15) is 0 Å². The zero-order chi connectivity index (χ0) is 19.2. The minimum Gasteiger partial charge on any atom is -0.356 e. The summed E-state index contributed by atoms with van der Waals surface area (Å²) in [5.74, 6) is 1.34. The third-order valence-electron chi connectivity index (χ3n) is 5.21. The maximum atomic E-state index is 6.24. The van der Waals surface area contributed by atoms with Gasteiger partial charge in [0.15, 0.2) is 5.96 Å². The van der Waals surface area contributed by atoms with Crippen LogP contribution in [0, 0.1) is 12.8 Å². The summed E-state index contributed by atoms with van der Waals surface area (Å²) in [6.07, 6.45) is 2.41. The third-order valence-corrected chi connectivity index (χ3v) is 6.38. The van der Waals surface area contributed by atoms with Crippen LogP contribution in [0.1, 0.15) is 35.0 Å². The monoisotopic (exact) mass is 405 g/mol. The number of aryl methyl sites for hydroxylation is 1. The molecule has 1 aromatic carbocycles. The molecule has 7 heteroatoms. The summed E-state index contributed by atoms with van der Waals surface area (Å²) in [5, 5.41) is 7.72. The van der Waals surface area contributed by atoms with Crippen molar-refractivity contribution < 1.29 is 0 Å². The SMILES string of the molecule is CN=C(NCc1scnc1C)NCC1CCCN(C)C1c1cccc(Cl)c1. The fraction of sp³-hybridized carbons (Fsp3) is 0.500. The molecule has 0 saturated carbocycles. The summed E-state index contributed by atoms with van der Waals surface area (Å²) >= 11 is 7.92. The molecule has 2 N–H and O–H groups in total. The Labute approximate surface area is 170 Å². The molecule has 1 saturated heterocycles. The van der Waals surface area contributed by atoms with Crippen LogP contribution in [-0.2, 0) is 6.54 Å². The molecule has 1 aliphatic heterocycles. The summed E-state index contributed by atoms with van der Waals surface area (Å²) in [6.45, 7) is 4.78. The van der Waals surface area contributed by atoms with Gasteiger partial charge in [-0.05, 0) is 57.0 Å². The standard InChI is InChI=1S/C20H28ClN5S/c1-14-18(27-13-25-14)12-24-20(22-2)23-11-16-7-5-9-26(3)19(16)15-6-4-8-17(21)10-15/h4,6,8,10,13,16,19H,5,7,9,11-12H2,1-3H3,(H2,22,23,24). The van der Waals surface area contributed by atoms with Gasteiger partial charge in [-0.15, -0.1) is 11.3 Å². The number of nitrogens with one attached hydrogen (secondary N) is 2. The second-order valence-corrected chi connectivity index (χ2v) is 8.43. The number of piperidine rings is 1. The van der Waals surface area contributed by atoms with Crippen LogP contribution in [0.15, 0.2) is 34.8 Å². The van der Waals surface area contributed by atoms with Gasteiger partial charge in [0.05, 0.1) is 17.7 Å². The quantitative estimate of drug-likeness (QED) is 0.586. The Kier molecular flexibility index (Phi) is 7.10. The molecule has 0 bridgehead atoms. The van der Waals surface area contributed by atoms with Crippen molar-refractivity contribution in [2.75, 3.05) is 27.2 Å². The molecule has 0 aliphatic carbocycles. The second kappa shape index (κ2) is 9.53. The highest BCUT2D eigenvalue weighted by Crippen LogP contribution is 2.35. The minimum atomic E-state index is 0.367. The summed E-state index contributed by atoms with van der Waals surface area (Å²) in [4.78, 5) is 12.4. The Bertz CT molecular complexity index is 775. The highest BCUT2D eigenvalue weighted by molar-refractivity contribution is 7.09. The first kappa shape index (κ1) is 20.1. The average molecular weight is 406 g/mol. The van der Waals surface area contributed by atoms with E-state index in [0.29, 0.717) is 12.0 Å². The zero-order valence-electron chi connectivity index (χ0n) is 16.2.